The molecule has 5 atom stereocenters. The van der Waals surface area contributed by atoms with Gasteiger partial charge in [-0.05, 0) is 85.0 Å². The summed E-state index contributed by atoms with van der Waals surface area (Å²) < 4.78 is 28.6. The Labute approximate surface area is 374 Å². The third-order valence-corrected chi connectivity index (χ3v) is 11.7. The number of halogens is 3. The van der Waals surface area contributed by atoms with Crippen molar-refractivity contribution in [1.82, 2.24) is 15.5 Å². The number of nitrogens with zero attached hydrogens (tertiary/aromatic N) is 1. The summed E-state index contributed by atoms with van der Waals surface area (Å²) in [7, 11) is 1.41. The molecule has 0 fully saturated rings. The van der Waals surface area contributed by atoms with Crippen molar-refractivity contribution < 1.29 is 52.6 Å². The van der Waals surface area contributed by atoms with Crippen molar-refractivity contribution in [2.45, 2.75) is 83.3 Å². The van der Waals surface area contributed by atoms with Gasteiger partial charge in [-0.2, -0.15) is 8.78 Å². The fraction of sp³-hybridized carbons (Fsp3) is 0.354. The molecule has 0 unspecified atom stereocenters. The first-order valence-corrected chi connectivity index (χ1v) is 21.2. The molecule has 338 valence electrons. The second-order valence-corrected chi connectivity index (χ2v) is 16.7. The molecule has 1 aliphatic heterocycles. The van der Waals surface area contributed by atoms with E-state index in [2.05, 4.69) is 10.6 Å². The number of benzene rings is 4. The molecule has 0 saturated carbocycles. The smallest absolute Gasteiger partial charge is 0.364 e. The number of unbranched alkanes of at least 4 members (excludes halogenated alkanes) is 1. The molecule has 0 radical (unpaired) electrons. The van der Waals surface area contributed by atoms with E-state index in [-0.39, 0.29) is 53.2 Å². The van der Waals surface area contributed by atoms with Crippen LogP contribution in [0.3, 0.4) is 0 Å². The van der Waals surface area contributed by atoms with Crippen LogP contribution in [-0.2, 0) is 35.2 Å². The van der Waals surface area contributed by atoms with Crippen molar-refractivity contribution in [3.8, 4) is 33.8 Å². The Morgan fingerprint density at radius 1 is 0.891 bits per heavy atom. The summed E-state index contributed by atoms with van der Waals surface area (Å²) in [5.74, 6) is -14.0. The monoisotopic (exact) mass is 900 g/mol. The first-order chi connectivity index (χ1) is 30.2. The van der Waals surface area contributed by atoms with Crippen LogP contribution >= 0.6 is 11.6 Å². The molecule has 5 rings (SSSR count). The zero-order valence-electron chi connectivity index (χ0n) is 35.8. The number of likely N-dealkylation sites (N-methyl/N-ethyl adjacent to an activating group) is 1. The van der Waals surface area contributed by atoms with Crippen LogP contribution in [-0.4, -0.2) is 87.6 Å². The number of aromatic hydroxyl groups is 2. The molecule has 0 saturated heterocycles. The lowest BCUT2D eigenvalue weighted by Gasteiger charge is -2.32. The molecule has 4 aromatic rings. The molecule has 4 bridgehead atoms. The zero-order chi connectivity index (χ0) is 47.0. The van der Waals surface area contributed by atoms with Crippen molar-refractivity contribution in [2.75, 3.05) is 13.6 Å². The fourth-order valence-electron chi connectivity index (χ4n) is 7.68. The van der Waals surface area contributed by atoms with E-state index in [1.54, 1.807) is 36.4 Å². The van der Waals surface area contributed by atoms with Gasteiger partial charge in [-0.15, -0.1) is 0 Å². The lowest BCUT2D eigenvalue weighted by molar-refractivity contribution is -0.157. The second-order valence-electron chi connectivity index (χ2n) is 16.2. The third kappa shape index (κ3) is 11.4. The van der Waals surface area contributed by atoms with Crippen molar-refractivity contribution in [2.24, 2.45) is 17.6 Å². The number of hydrogen-bond donors (Lipinski definition) is 5. The van der Waals surface area contributed by atoms with E-state index < -0.39 is 77.4 Å². The Morgan fingerprint density at radius 3 is 2.09 bits per heavy atom. The van der Waals surface area contributed by atoms with E-state index in [0.717, 1.165) is 18.1 Å². The molecule has 6 N–H and O–H groups in total. The van der Waals surface area contributed by atoms with Crippen molar-refractivity contribution in [1.29, 1.82) is 0 Å². The number of carbonyl (C=O) groups is 7. The minimum atomic E-state index is -4.38. The number of nitrogens with one attached hydrogen (secondary N) is 2. The van der Waals surface area contributed by atoms with Gasteiger partial charge >= 0.3 is 5.92 Å². The molecule has 0 spiro atoms. The molecule has 0 aromatic heterocycles. The number of fused-ring (bicyclic) bond motifs is 5. The van der Waals surface area contributed by atoms with Crippen LogP contribution in [0, 0.1) is 11.8 Å². The van der Waals surface area contributed by atoms with Crippen molar-refractivity contribution >= 4 is 52.5 Å². The van der Waals surface area contributed by atoms with Crippen LogP contribution in [0.15, 0.2) is 84.9 Å². The highest BCUT2D eigenvalue weighted by atomic mass is 35.5. The van der Waals surface area contributed by atoms with E-state index in [1.807, 2.05) is 12.1 Å². The van der Waals surface area contributed by atoms with Crippen LogP contribution in [0.1, 0.15) is 80.4 Å². The Kier molecular flexibility index (Phi) is 15.9. The van der Waals surface area contributed by atoms with Crippen molar-refractivity contribution in [3.63, 3.8) is 0 Å². The molecule has 3 amide bonds. The molecule has 1 aliphatic rings. The summed E-state index contributed by atoms with van der Waals surface area (Å²) in [4.78, 5) is 95.5. The number of alkyl halides is 2. The summed E-state index contributed by atoms with van der Waals surface area (Å²) in [6.07, 6.45) is 0.346. The molecule has 1 heterocycles. The fourth-order valence-corrected chi connectivity index (χ4v) is 7.80. The molecule has 16 heteroatoms. The first kappa shape index (κ1) is 48.7. The zero-order valence-corrected chi connectivity index (χ0v) is 36.6. The van der Waals surface area contributed by atoms with Gasteiger partial charge < -0.3 is 31.5 Å². The summed E-state index contributed by atoms with van der Waals surface area (Å²) in [5, 5.41) is 27.5. The van der Waals surface area contributed by atoms with Gasteiger partial charge in [0, 0.05) is 66.8 Å². The standard InChI is InChI=1S/C48H51ClF2N4O9/c1-26-21-42(60)43(55(4)47(64)34(7-5-6-20-52)25-41(59)32-11-9-30(10-12-32)31-13-16-35(49)17-14-31)33-15-19-40(58)37(24-33)36-22-29(8-18-39(36)57)23-38(54-45(26)62)46(63)53-27(2)44(61)48(50,51)28(3)56/h8-19,22,24,26-27,34,38,43,57-58H,5-7,20-21,23,25,52H2,1-4H3,(H,53,63)(H,54,62)/t26-,27+,34-,38+,43+/m1/s1. The summed E-state index contributed by atoms with van der Waals surface area (Å²) >= 11 is 6.04. The van der Waals surface area contributed by atoms with Crippen LogP contribution in [0.2, 0.25) is 5.02 Å². The Morgan fingerprint density at radius 2 is 1.48 bits per heavy atom. The molecular formula is C48H51ClF2N4O9. The molecule has 64 heavy (non-hydrogen) atoms. The number of nitrogens with two attached hydrogens (primary N) is 1. The van der Waals surface area contributed by atoms with E-state index in [1.165, 1.54) is 55.3 Å². The average molecular weight is 901 g/mol. The summed E-state index contributed by atoms with van der Waals surface area (Å²) in [5.41, 5.74) is 8.54. The van der Waals surface area contributed by atoms with Gasteiger partial charge in [0.25, 0.3) is 0 Å². The normalized spacial score (nSPS) is 17.6. The maximum Gasteiger partial charge on any atom is 0.364 e. The minimum absolute atomic E-state index is 0.0462. The number of rotatable bonds is 15. The lowest BCUT2D eigenvalue weighted by Crippen LogP contribution is -2.55. The van der Waals surface area contributed by atoms with Gasteiger partial charge in [0.1, 0.15) is 23.6 Å². The van der Waals surface area contributed by atoms with Crippen LogP contribution < -0.4 is 16.4 Å². The molecule has 13 nitrogen and oxygen atoms in total. The SMILES string of the molecule is CC(=O)C(F)(F)C(=O)[C@H](C)NC(=O)[C@@H]1Cc2ccc(O)c(c2)-c2cc(ccc2O)[C@H](N(C)C(=O)[C@H](CCCCN)CC(=O)c2ccc(-c3ccc(Cl)cc3)cc2)C(=O)C[C@@H](C)C(=O)N1. The topological polar surface area (TPSA) is 213 Å². The third-order valence-electron chi connectivity index (χ3n) is 11.4. The van der Waals surface area contributed by atoms with Gasteiger partial charge in [0.2, 0.25) is 29.3 Å². The predicted molar refractivity (Wildman–Crippen MR) is 236 cm³/mol. The number of ketones is 4. The maximum absolute atomic E-state index is 14.6. The van der Waals surface area contributed by atoms with Gasteiger partial charge in [-0.1, -0.05) is 73.5 Å². The number of Topliss-reactive ketones (excluding diaryl/α,β-unsaturated/α-hetero) is 4. The quantitative estimate of drug-likeness (QED) is 0.0494. The summed E-state index contributed by atoms with van der Waals surface area (Å²) in [6.45, 7) is 3.27. The highest BCUT2D eigenvalue weighted by molar-refractivity contribution is 6.30. The number of phenolic OH excluding ortho intramolecular Hbond substituents is 2. The van der Waals surface area contributed by atoms with E-state index in [4.69, 9.17) is 17.3 Å². The maximum atomic E-state index is 14.6. The second kappa shape index (κ2) is 20.9. The highest BCUT2D eigenvalue weighted by Crippen LogP contribution is 2.40. The van der Waals surface area contributed by atoms with Gasteiger partial charge in [-0.3, -0.25) is 33.6 Å². The van der Waals surface area contributed by atoms with Crippen LogP contribution in [0.5, 0.6) is 11.5 Å². The van der Waals surface area contributed by atoms with Crippen LogP contribution in [0.4, 0.5) is 8.78 Å². The predicted octanol–water partition coefficient (Wildman–Crippen LogP) is 6.54. The Bertz CT molecular complexity index is 2430. The van der Waals surface area contributed by atoms with E-state index >= 15 is 0 Å². The number of amides is 3. The van der Waals surface area contributed by atoms with Gasteiger partial charge in [0.15, 0.2) is 11.6 Å². The highest BCUT2D eigenvalue weighted by Gasteiger charge is 2.47. The van der Waals surface area contributed by atoms with E-state index in [0.29, 0.717) is 42.5 Å². The number of carbonyl (C=O) groups excluding carboxylic acids is 7. The first-order valence-electron chi connectivity index (χ1n) is 20.8. The average Bonchev–Trinajstić information content (AvgIpc) is 3.26. The Hall–Kier alpha value is -6.32. The lowest BCUT2D eigenvalue weighted by atomic mass is 9.88. The van der Waals surface area contributed by atoms with Crippen LogP contribution in [0.25, 0.3) is 22.3 Å². The molecule has 0 aliphatic carbocycles. The largest absolute Gasteiger partial charge is 0.507 e. The summed E-state index contributed by atoms with van der Waals surface area (Å²) in [6, 6.07) is 17.7. The number of phenols is 2. The van der Waals surface area contributed by atoms with E-state index in [9.17, 15) is 52.6 Å². The minimum Gasteiger partial charge on any atom is -0.507 e. The molecular weight excluding hydrogens is 850 g/mol. The van der Waals surface area contributed by atoms with Crippen molar-refractivity contribution in [3.05, 3.63) is 107 Å². The Balaban J connectivity index is 1.49. The molecule has 4 aromatic carbocycles. The van der Waals surface area contributed by atoms with Gasteiger partial charge in [-0.25, -0.2) is 0 Å². The van der Waals surface area contributed by atoms with Gasteiger partial charge in [0.05, 0.1) is 6.04 Å². The number of hydrogen-bond acceptors (Lipinski definition) is 10.